The van der Waals surface area contributed by atoms with E-state index in [2.05, 4.69) is 16.0 Å². The summed E-state index contributed by atoms with van der Waals surface area (Å²) in [5.74, 6) is -1.77. The summed E-state index contributed by atoms with van der Waals surface area (Å²) in [4.78, 5) is 54.6. The van der Waals surface area contributed by atoms with Crippen LogP contribution in [-0.2, 0) is 19.1 Å². The number of anilines is 1. The van der Waals surface area contributed by atoms with Gasteiger partial charge in [-0.15, -0.1) is 0 Å². The zero-order valence-corrected chi connectivity index (χ0v) is 22.9. The normalized spacial score (nSPS) is 27.8. The molecule has 212 valence electrons. The van der Waals surface area contributed by atoms with E-state index in [1.807, 2.05) is 32.9 Å². The second kappa shape index (κ2) is 11.8. The van der Waals surface area contributed by atoms with Gasteiger partial charge < -0.3 is 25.6 Å². The van der Waals surface area contributed by atoms with Crippen molar-refractivity contribution in [3.63, 3.8) is 0 Å². The second-order valence-corrected chi connectivity index (χ2v) is 11.8. The molecule has 39 heavy (non-hydrogen) atoms. The molecule has 0 spiro atoms. The van der Waals surface area contributed by atoms with Crippen LogP contribution in [0.15, 0.2) is 36.4 Å². The zero-order chi connectivity index (χ0) is 28.2. The highest BCUT2D eigenvalue weighted by molar-refractivity contribution is 6.04. The highest BCUT2D eigenvalue weighted by atomic mass is 19.1. The highest BCUT2D eigenvalue weighted by Gasteiger charge is 2.60. The van der Waals surface area contributed by atoms with Crippen LogP contribution in [-0.4, -0.2) is 58.5 Å². The molecule has 2 heterocycles. The standard InChI is InChI=1S/C29H39FN4O5/c1-28(2,3)33-27(38)39-23-12-8-6-4-5-7-10-19-18-29(19,26(37)31-21-15-13-20(30)14-16-21)32-24(35)22-11-9-17-34(22)25(23)36/h7,10,13-16,19,22-23H,4-6,8-9,11-12,17-18H2,1-3H3,(H,31,37)(H,32,35)(H,33,38)/t19-,22+,23+,29-/m1/s1. The summed E-state index contributed by atoms with van der Waals surface area (Å²) < 4.78 is 18.9. The molecule has 1 saturated heterocycles. The van der Waals surface area contributed by atoms with Gasteiger partial charge in [0.25, 0.3) is 11.8 Å². The SMILES string of the molecule is CC(C)(C)NC(=O)O[C@H]1CCCCCC=C[C@@H]2C[C@@]2(C(=O)Nc2ccc(F)cc2)NC(=O)[C@@H]2CCCN2C1=O. The second-order valence-electron chi connectivity index (χ2n) is 11.8. The van der Waals surface area contributed by atoms with Crippen LogP contribution in [0.1, 0.15) is 72.1 Å². The Bertz CT molecular complexity index is 1120. The molecule has 4 atom stereocenters. The predicted molar refractivity (Wildman–Crippen MR) is 144 cm³/mol. The number of nitrogens with one attached hydrogen (secondary N) is 3. The van der Waals surface area contributed by atoms with Crippen LogP contribution < -0.4 is 16.0 Å². The van der Waals surface area contributed by atoms with Gasteiger partial charge in [-0.25, -0.2) is 9.18 Å². The van der Waals surface area contributed by atoms with E-state index in [4.69, 9.17) is 4.74 Å². The van der Waals surface area contributed by atoms with E-state index in [-0.39, 0.29) is 17.7 Å². The van der Waals surface area contributed by atoms with Crippen LogP contribution in [0.2, 0.25) is 0 Å². The highest BCUT2D eigenvalue weighted by Crippen LogP contribution is 2.46. The van der Waals surface area contributed by atoms with Crippen LogP contribution in [0.5, 0.6) is 0 Å². The number of allylic oxidation sites excluding steroid dienone is 1. The lowest BCUT2D eigenvalue weighted by atomic mass is 10.1. The largest absolute Gasteiger partial charge is 0.436 e. The topological polar surface area (TPSA) is 117 Å². The Morgan fingerprint density at radius 3 is 2.54 bits per heavy atom. The van der Waals surface area contributed by atoms with Crippen molar-refractivity contribution in [3.8, 4) is 0 Å². The molecule has 2 aliphatic heterocycles. The van der Waals surface area contributed by atoms with Gasteiger partial charge in [-0.05, 0) is 90.0 Å². The average molecular weight is 543 g/mol. The Morgan fingerprint density at radius 2 is 1.82 bits per heavy atom. The Hall–Kier alpha value is -3.43. The van der Waals surface area contributed by atoms with Gasteiger partial charge in [0.1, 0.15) is 17.4 Å². The van der Waals surface area contributed by atoms with E-state index in [1.165, 1.54) is 29.2 Å². The van der Waals surface area contributed by atoms with Crippen LogP contribution >= 0.6 is 0 Å². The number of rotatable bonds is 3. The molecule has 9 nitrogen and oxygen atoms in total. The molecular formula is C29H39FN4O5. The third-order valence-corrected chi connectivity index (χ3v) is 7.41. The van der Waals surface area contributed by atoms with Gasteiger partial charge in [0.2, 0.25) is 5.91 Å². The summed E-state index contributed by atoms with van der Waals surface area (Å²) in [6.07, 6.45) is 7.45. The Morgan fingerprint density at radius 1 is 1.08 bits per heavy atom. The van der Waals surface area contributed by atoms with E-state index in [0.29, 0.717) is 44.3 Å². The van der Waals surface area contributed by atoms with Crippen molar-refractivity contribution in [1.82, 2.24) is 15.5 Å². The van der Waals surface area contributed by atoms with Gasteiger partial charge >= 0.3 is 6.09 Å². The summed E-state index contributed by atoms with van der Waals surface area (Å²) in [6, 6.07) is 4.70. The van der Waals surface area contributed by atoms with Crippen molar-refractivity contribution >= 4 is 29.5 Å². The maximum Gasteiger partial charge on any atom is 0.408 e. The van der Waals surface area contributed by atoms with Gasteiger partial charge in [0, 0.05) is 23.7 Å². The molecule has 0 aromatic heterocycles. The molecule has 1 saturated carbocycles. The number of halogens is 1. The average Bonchev–Trinajstić information content (AvgIpc) is 3.32. The molecule has 1 aliphatic carbocycles. The molecule has 3 N–H and O–H groups in total. The maximum absolute atomic E-state index is 13.6. The number of hydrogen-bond acceptors (Lipinski definition) is 5. The minimum absolute atomic E-state index is 0.185. The summed E-state index contributed by atoms with van der Waals surface area (Å²) >= 11 is 0. The third-order valence-electron chi connectivity index (χ3n) is 7.41. The van der Waals surface area contributed by atoms with E-state index >= 15 is 0 Å². The summed E-state index contributed by atoms with van der Waals surface area (Å²) in [5.41, 5.74) is -1.24. The fourth-order valence-corrected chi connectivity index (χ4v) is 5.28. The Kier molecular flexibility index (Phi) is 8.61. The van der Waals surface area contributed by atoms with E-state index in [9.17, 15) is 23.6 Å². The fraction of sp³-hybridized carbons (Fsp3) is 0.586. The molecule has 0 radical (unpaired) electrons. The van der Waals surface area contributed by atoms with Crippen molar-refractivity contribution in [2.45, 2.75) is 95.4 Å². The first-order valence-corrected chi connectivity index (χ1v) is 13.8. The zero-order valence-electron chi connectivity index (χ0n) is 22.9. The molecule has 0 unspecified atom stereocenters. The van der Waals surface area contributed by atoms with Crippen molar-refractivity contribution in [3.05, 3.63) is 42.2 Å². The summed E-state index contributed by atoms with van der Waals surface area (Å²) in [5, 5.41) is 8.49. The van der Waals surface area contributed by atoms with Gasteiger partial charge in [-0.2, -0.15) is 0 Å². The van der Waals surface area contributed by atoms with Gasteiger partial charge in [-0.1, -0.05) is 18.6 Å². The van der Waals surface area contributed by atoms with Crippen molar-refractivity contribution in [1.29, 1.82) is 0 Å². The van der Waals surface area contributed by atoms with E-state index in [0.717, 1.165) is 19.3 Å². The molecule has 3 aliphatic rings. The monoisotopic (exact) mass is 542 g/mol. The molecule has 1 aromatic rings. The van der Waals surface area contributed by atoms with Gasteiger partial charge in [-0.3, -0.25) is 14.4 Å². The van der Waals surface area contributed by atoms with Crippen molar-refractivity contribution in [2.24, 2.45) is 5.92 Å². The lowest BCUT2D eigenvalue weighted by Crippen LogP contribution is -2.56. The predicted octanol–water partition coefficient (Wildman–Crippen LogP) is 4.04. The molecule has 10 heteroatoms. The van der Waals surface area contributed by atoms with Crippen LogP contribution in [0, 0.1) is 11.7 Å². The first-order valence-electron chi connectivity index (χ1n) is 13.8. The Balaban J connectivity index is 1.54. The van der Waals surface area contributed by atoms with E-state index < -0.39 is 41.0 Å². The smallest absolute Gasteiger partial charge is 0.408 e. The minimum Gasteiger partial charge on any atom is -0.436 e. The molecular weight excluding hydrogens is 503 g/mol. The number of alkyl carbamates (subject to hydrolysis) is 1. The van der Waals surface area contributed by atoms with Crippen LogP contribution in [0.25, 0.3) is 0 Å². The van der Waals surface area contributed by atoms with Crippen molar-refractivity contribution < 1.29 is 28.3 Å². The molecule has 4 rings (SSSR count). The number of ether oxygens (including phenoxy) is 1. The lowest BCUT2D eigenvalue weighted by Gasteiger charge is -2.30. The third kappa shape index (κ3) is 7.16. The maximum atomic E-state index is 13.6. The number of carbonyl (C=O) groups is 4. The summed E-state index contributed by atoms with van der Waals surface area (Å²) in [7, 11) is 0. The van der Waals surface area contributed by atoms with Gasteiger partial charge in [0.05, 0.1) is 0 Å². The number of carbonyl (C=O) groups excluding carboxylic acids is 4. The summed E-state index contributed by atoms with van der Waals surface area (Å²) in [6.45, 7) is 5.85. The number of hydrogen-bond donors (Lipinski definition) is 3. The number of nitrogens with zero attached hydrogens (tertiary/aromatic N) is 1. The number of amides is 4. The first-order chi connectivity index (χ1) is 18.5. The number of benzene rings is 1. The van der Waals surface area contributed by atoms with Crippen molar-refractivity contribution in [2.75, 3.05) is 11.9 Å². The Labute approximate surface area is 228 Å². The van der Waals surface area contributed by atoms with Gasteiger partial charge in [0.15, 0.2) is 6.10 Å². The minimum atomic E-state index is -1.15. The molecule has 2 fully saturated rings. The van der Waals surface area contributed by atoms with Crippen LogP contribution in [0.4, 0.5) is 14.9 Å². The lowest BCUT2D eigenvalue weighted by molar-refractivity contribution is -0.146. The molecule has 4 amide bonds. The van der Waals surface area contributed by atoms with E-state index in [1.54, 1.807) is 0 Å². The quantitative estimate of drug-likeness (QED) is 0.499. The first kappa shape index (κ1) is 28.6. The fourth-order valence-electron chi connectivity index (χ4n) is 5.28. The molecule has 0 bridgehead atoms. The molecule has 1 aromatic carbocycles. The number of fused-ring (bicyclic) bond motifs is 2. The van der Waals surface area contributed by atoms with Crippen LogP contribution in [0.3, 0.4) is 0 Å².